The lowest BCUT2D eigenvalue weighted by molar-refractivity contribution is 0.0935. The average molecular weight is 296 g/mol. The van der Waals surface area contributed by atoms with Gasteiger partial charge in [0, 0.05) is 17.6 Å². The summed E-state index contributed by atoms with van der Waals surface area (Å²) in [6.45, 7) is 1.88. The maximum absolute atomic E-state index is 12.2. The molecule has 2 aromatic heterocycles. The number of methoxy groups -OCH3 is 1. The highest BCUT2D eigenvalue weighted by Gasteiger charge is 2.15. The summed E-state index contributed by atoms with van der Waals surface area (Å²) in [5.41, 5.74) is 1.29. The van der Waals surface area contributed by atoms with Crippen molar-refractivity contribution in [3.05, 3.63) is 60.0 Å². The number of aromatic nitrogens is 1. The van der Waals surface area contributed by atoms with Gasteiger partial charge in [-0.2, -0.15) is 0 Å². The molecule has 0 aliphatic carbocycles. The Bertz CT molecular complexity index is 760. The second kappa shape index (κ2) is 5.89. The summed E-state index contributed by atoms with van der Waals surface area (Å²) in [5.74, 6) is 0.987. The van der Waals surface area contributed by atoms with Crippen LogP contribution in [0.15, 0.2) is 53.1 Å². The molecule has 1 N–H and O–H groups in total. The summed E-state index contributed by atoms with van der Waals surface area (Å²) in [6, 6.07) is 12.8. The molecule has 2 heterocycles. The molecule has 1 atom stereocenters. The minimum Gasteiger partial charge on any atom is -0.481 e. The Morgan fingerprint density at radius 3 is 2.77 bits per heavy atom. The van der Waals surface area contributed by atoms with Crippen molar-refractivity contribution in [1.82, 2.24) is 10.3 Å². The molecule has 0 saturated heterocycles. The number of nitrogens with zero attached hydrogens (tertiary/aromatic N) is 1. The highest BCUT2D eigenvalue weighted by molar-refractivity contribution is 5.94. The first-order valence-electron chi connectivity index (χ1n) is 6.97. The molecule has 1 amide bonds. The van der Waals surface area contributed by atoms with E-state index in [1.165, 1.54) is 13.3 Å². The quantitative estimate of drug-likeness (QED) is 0.802. The molecule has 5 nitrogen and oxygen atoms in total. The zero-order chi connectivity index (χ0) is 15.5. The summed E-state index contributed by atoms with van der Waals surface area (Å²) < 4.78 is 10.7. The van der Waals surface area contributed by atoms with Gasteiger partial charge in [-0.25, -0.2) is 4.98 Å². The zero-order valence-electron chi connectivity index (χ0n) is 12.4. The fourth-order valence-electron chi connectivity index (χ4n) is 2.20. The Morgan fingerprint density at radius 1 is 1.27 bits per heavy atom. The Balaban J connectivity index is 1.74. The van der Waals surface area contributed by atoms with Crippen molar-refractivity contribution in [3.63, 3.8) is 0 Å². The van der Waals surface area contributed by atoms with Crippen LogP contribution < -0.4 is 10.1 Å². The number of ether oxygens (including phenoxy) is 1. The fraction of sp³-hybridized carbons (Fsp3) is 0.176. The molecule has 1 unspecified atom stereocenters. The number of amides is 1. The molecule has 0 spiro atoms. The van der Waals surface area contributed by atoms with E-state index in [1.54, 1.807) is 12.1 Å². The number of nitrogens with one attached hydrogen (secondary N) is 1. The van der Waals surface area contributed by atoms with Crippen LogP contribution in [0.1, 0.15) is 29.1 Å². The van der Waals surface area contributed by atoms with Crippen LogP contribution in [0, 0.1) is 0 Å². The Kier molecular flexibility index (Phi) is 3.78. The molecule has 0 fully saturated rings. The lowest BCUT2D eigenvalue weighted by atomic mass is 10.2. The van der Waals surface area contributed by atoms with Gasteiger partial charge in [0.05, 0.1) is 18.7 Å². The topological polar surface area (TPSA) is 64.4 Å². The van der Waals surface area contributed by atoms with Crippen LogP contribution in [0.5, 0.6) is 5.88 Å². The van der Waals surface area contributed by atoms with E-state index in [2.05, 4.69) is 10.3 Å². The third-order valence-electron chi connectivity index (χ3n) is 3.43. The Morgan fingerprint density at radius 2 is 2.09 bits per heavy atom. The molecule has 0 aliphatic rings. The van der Waals surface area contributed by atoms with Crippen LogP contribution in [0.3, 0.4) is 0 Å². The molecule has 3 aromatic rings. The Hall–Kier alpha value is -2.82. The first kappa shape index (κ1) is 14.1. The number of rotatable bonds is 4. The van der Waals surface area contributed by atoms with Crippen LogP contribution >= 0.6 is 0 Å². The summed E-state index contributed by atoms with van der Waals surface area (Å²) in [5, 5.41) is 3.92. The Labute approximate surface area is 127 Å². The summed E-state index contributed by atoms with van der Waals surface area (Å²) in [4.78, 5) is 16.2. The second-order valence-electron chi connectivity index (χ2n) is 4.97. The molecule has 0 saturated carbocycles. The van der Waals surface area contributed by atoms with E-state index in [0.29, 0.717) is 11.4 Å². The van der Waals surface area contributed by atoms with Gasteiger partial charge in [-0.3, -0.25) is 4.79 Å². The highest BCUT2D eigenvalue weighted by atomic mass is 16.5. The molecule has 3 rings (SSSR count). The third kappa shape index (κ3) is 2.79. The summed E-state index contributed by atoms with van der Waals surface area (Å²) in [7, 11) is 1.53. The van der Waals surface area contributed by atoms with E-state index < -0.39 is 0 Å². The number of fused-ring (bicyclic) bond motifs is 1. The maximum atomic E-state index is 12.2. The van der Waals surface area contributed by atoms with Gasteiger partial charge in [0.1, 0.15) is 11.3 Å². The second-order valence-corrected chi connectivity index (χ2v) is 4.97. The molecule has 5 heteroatoms. The van der Waals surface area contributed by atoms with E-state index in [1.807, 2.05) is 37.3 Å². The largest absolute Gasteiger partial charge is 0.481 e. The minimum absolute atomic E-state index is 0.205. The minimum atomic E-state index is -0.234. The molecule has 0 bridgehead atoms. The highest BCUT2D eigenvalue weighted by Crippen LogP contribution is 2.23. The van der Waals surface area contributed by atoms with Crippen molar-refractivity contribution < 1.29 is 13.9 Å². The predicted octanol–water partition coefficient (Wildman–Crippen LogP) is 3.33. The van der Waals surface area contributed by atoms with Crippen LogP contribution in [-0.2, 0) is 0 Å². The van der Waals surface area contributed by atoms with Crippen molar-refractivity contribution >= 4 is 16.9 Å². The lowest BCUT2D eigenvalue weighted by Crippen LogP contribution is -2.26. The molecule has 0 aliphatic heterocycles. The van der Waals surface area contributed by atoms with Gasteiger partial charge in [0.15, 0.2) is 0 Å². The zero-order valence-corrected chi connectivity index (χ0v) is 12.4. The first-order valence-corrected chi connectivity index (χ1v) is 6.97. The van der Waals surface area contributed by atoms with Gasteiger partial charge in [0.2, 0.25) is 5.88 Å². The van der Waals surface area contributed by atoms with Gasteiger partial charge >= 0.3 is 0 Å². The first-order chi connectivity index (χ1) is 10.7. The van der Waals surface area contributed by atoms with Crippen molar-refractivity contribution in [2.75, 3.05) is 7.11 Å². The fourth-order valence-corrected chi connectivity index (χ4v) is 2.20. The van der Waals surface area contributed by atoms with Crippen LogP contribution in [0.25, 0.3) is 11.0 Å². The summed E-state index contributed by atoms with van der Waals surface area (Å²) >= 11 is 0. The number of hydrogen-bond acceptors (Lipinski definition) is 4. The van der Waals surface area contributed by atoms with Gasteiger partial charge in [-0.15, -0.1) is 0 Å². The molecule has 112 valence electrons. The van der Waals surface area contributed by atoms with Gasteiger partial charge in [0.25, 0.3) is 5.91 Å². The standard InChI is InChI=1S/C17H16N2O3/c1-11(15-9-12-5-3-4-6-14(12)22-15)19-17(20)13-7-8-16(21-2)18-10-13/h3-11H,1-2H3,(H,19,20). The average Bonchev–Trinajstić information content (AvgIpc) is 2.99. The molecule has 22 heavy (non-hydrogen) atoms. The predicted molar refractivity (Wildman–Crippen MR) is 82.9 cm³/mol. The van der Waals surface area contributed by atoms with Crippen molar-refractivity contribution in [2.24, 2.45) is 0 Å². The van der Waals surface area contributed by atoms with E-state index in [-0.39, 0.29) is 11.9 Å². The number of para-hydroxylation sites is 1. The summed E-state index contributed by atoms with van der Waals surface area (Å²) in [6.07, 6.45) is 1.49. The molecule has 0 radical (unpaired) electrons. The molecular weight excluding hydrogens is 280 g/mol. The lowest BCUT2D eigenvalue weighted by Gasteiger charge is -2.11. The van der Waals surface area contributed by atoms with Crippen LogP contribution in [-0.4, -0.2) is 18.0 Å². The SMILES string of the molecule is COc1ccc(C(=O)NC(C)c2cc3ccccc3o2)cn1. The number of pyridine rings is 1. The van der Waals surface area contributed by atoms with Gasteiger partial charge < -0.3 is 14.5 Å². The number of hydrogen-bond donors (Lipinski definition) is 1. The number of carbonyl (C=O) groups excluding carboxylic acids is 1. The van der Waals surface area contributed by atoms with E-state index in [4.69, 9.17) is 9.15 Å². The van der Waals surface area contributed by atoms with Crippen molar-refractivity contribution in [1.29, 1.82) is 0 Å². The van der Waals surface area contributed by atoms with Crippen molar-refractivity contribution in [2.45, 2.75) is 13.0 Å². The smallest absolute Gasteiger partial charge is 0.253 e. The van der Waals surface area contributed by atoms with E-state index >= 15 is 0 Å². The van der Waals surface area contributed by atoms with Crippen LogP contribution in [0.2, 0.25) is 0 Å². The van der Waals surface area contributed by atoms with Gasteiger partial charge in [-0.05, 0) is 25.1 Å². The molecule has 1 aromatic carbocycles. The molecular formula is C17H16N2O3. The van der Waals surface area contributed by atoms with Gasteiger partial charge in [-0.1, -0.05) is 18.2 Å². The third-order valence-corrected chi connectivity index (χ3v) is 3.43. The monoisotopic (exact) mass is 296 g/mol. The van der Waals surface area contributed by atoms with E-state index in [9.17, 15) is 4.79 Å². The maximum Gasteiger partial charge on any atom is 0.253 e. The van der Waals surface area contributed by atoms with Crippen molar-refractivity contribution in [3.8, 4) is 5.88 Å². The number of benzene rings is 1. The normalized spacial score (nSPS) is 12.1. The number of furan rings is 1. The number of carbonyl (C=O) groups is 1. The van der Waals surface area contributed by atoms with Crippen LogP contribution in [0.4, 0.5) is 0 Å². The van der Waals surface area contributed by atoms with E-state index in [0.717, 1.165) is 16.7 Å².